The van der Waals surface area contributed by atoms with Crippen molar-refractivity contribution < 1.29 is 13.2 Å². The van der Waals surface area contributed by atoms with Gasteiger partial charge in [0.2, 0.25) is 10.0 Å². The summed E-state index contributed by atoms with van der Waals surface area (Å²) in [4.78, 5) is 25.8. The molecule has 0 bridgehead atoms. The Hall–Kier alpha value is -3.04. The SMILES string of the molecule is CC(C)n1nc(C(=O)NCc2ccc(S(=O)(=O)N3CCCC3)cc2)c2ccccc2c1=O. The number of amides is 1. The maximum absolute atomic E-state index is 12.9. The lowest BCUT2D eigenvalue weighted by molar-refractivity contribution is 0.0945. The number of carbonyl (C=O) groups excluding carboxylic acids is 1. The van der Waals surface area contributed by atoms with Crippen LogP contribution in [0.3, 0.4) is 0 Å². The van der Waals surface area contributed by atoms with Crippen LogP contribution in [0.5, 0.6) is 0 Å². The molecule has 1 fully saturated rings. The minimum absolute atomic E-state index is 0.183. The number of hydrogen-bond donors (Lipinski definition) is 1. The summed E-state index contributed by atoms with van der Waals surface area (Å²) in [6.45, 7) is 4.99. The zero-order valence-corrected chi connectivity index (χ0v) is 18.9. The first-order valence-electron chi connectivity index (χ1n) is 10.7. The predicted molar refractivity (Wildman–Crippen MR) is 122 cm³/mol. The molecule has 2 heterocycles. The van der Waals surface area contributed by atoms with Crippen molar-refractivity contribution in [3.8, 4) is 0 Å². The van der Waals surface area contributed by atoms with Gasteiger partial charge in [0, 0.05) is 25.0 Å². The molecule has 1 aliphatic heterocycles. The summed E-state index contributed by atoms with van der Waals surface area (Å²) in [5.74, 6) is -0.399. The molecule has 2 aromatic carbocycles. The molecular weight excluding hydrogens is 428 g/mol. The van der Waals surface area contributed by atoms with Gasteiger partial charge in [0.1, 0.15) is 0 Å². The van der Waals surface area contributed by atoms with Gasteiger partial charge in [-0.1, -0.05) is 30.3 Å². The summed E-state index contributed by atoms with van der Waals surface area (Å²) in [5.41, 5.74) is 0.712. The maximum Gasteiger partial charge on any atom is 0.274 e. The van der Waals surface area contributed by atoms with E-state index in [9.17, 15) is 18.0 Å². The Bertz CT molecular complexity index is 1310. The van der Waals surface area contributed by atoms with Gasteiger partial charge in [-0.3, -0.25) is 9.59 Å². The molecule has 9 heteroatoms. The summed E-state index contributed by atoms with van der Waals surface area (Å²) in [5, 5.41) is 8.08. The molecule has 1 amide bonds. The van der Waals surface area contributed by atoms with Crippen molar-refractivity contribution in [1.29, 1.82) is 0 Å². The first kappa shape index (κ1) is 22.2. The van der Waals surface area contributed by atoms with Crippen LogP contribution in [0, 0.1) is 0 Å². The molecule has 1 aliphatic rings. The largest absolute Gasteiger partial charge is 0.347 e. The van der Waals surface area contributed by atoms with Crippen molar-refractivity contribution >= 4 is 26.7 Å². The van der Waals surface area contributed by atoms with Crippen molar-refractivity contribution in [2.75, 3.05) is 13.1 Å². The summed E-state index contributed by atoms with van der Waals surface area (Å²) in [7, 11) is -3.47. The van der Waals surface area contributed by atoms with Gasteiger partial charge in [-0.25, -0.2) is 13.1 Å². The van der Waals surface area contributed by atoms with Gasteiger partial charge >= 0.3 is 0 Å². The van der Waals surface area contributed by atoms with Crippen LogP contribution in [0.25, 0.3) is 10.8 Å². The molecule has 0 spiro atoms. The van der Waals surface area contributed by atoms with Crippen LogP contribution in [0.2, 0.25) is 0 Å². The molecule has 168 valence electrons. The van der Waals surface area contributed by atoms with E-state index in [-0.39, 0.29) is 28.7 Å². The Balaban J connectivity index is 1.54. The van der Waals surface area contributed by atoms with Crippen LogP contribution in [0.4, 0.5) is 0 Å². The van der Waals surface area contributed by atoms with Crippen molar-refractivity contribution in [2.45, 2.75) is 44.2 Å². The summed E-state index contributed by atoms with van der Waals surface area (Å²) in [6, 6.07) is 13.3. The second-order valence-electron chi connectivity index (χ2n) is 8.18. The maximum atomic E-state index is 12.9. The number of aromatic nitrogens is 2. The quantitative estimate of drug-likeness (QED) is 0.617. The first-order chi connectivity index (χ1) is 15.3. The van der Waals surface area contributed by atoms with E-state index in [1.807, 2.05) is 13.8 Å². The summed E-state index contributed by atoms with van der Waals surface area (Å²) < 4.78 is 28.1. The average molecular weight is 455 g/mol. The highest BCUT2D eigenvalue weighted by Crippen LogP contribution is 2.21. The molecule has 0 unspecified atom stereocenters. The third kappa shape index (κ3) is 4.18. The van der Waals surface area contributed by atoms with Gasteiger partial charge in [0.05, 0.1) is 16.3 Å². The van der Waals surface area contributed by atoms with E-state index >= 15 is 0 Å². The third-order valence-electron chi connectivity index (χ3n) is 5.61. The Morgan fingerprint density at radius 1 is 1.03 bits per heavy atom. The van der Waals surface area contributed by atoms with Crippen molar-refractivity contribution in [2.24, 2.45) is 0 Å². The number of nitrogens with one attached hydrogen (secondary N) is 1. The van der Waals surface area contributed by atoms with Gasteiger partial charge in [-0.2, -0.15) is 9.40 Å². The molecule has 1 aromatic heterocycles. The van der Waals surface area contributed by atoms with E-state index in [1.165, 1.54) is 8.99 Å². The lowest BCUT2D eigenvalue weighted by Gasteiger charge is -2.16. The molecule has 0 saturated carbocycles. The van der Waals surface area contributed by atoms with E-state index in [0.717, 1.165) is 18.4 Å². The van der Waals surface area contributed by atoms with E-state index in [0.29, 0.717) is 23.9 Å². The average Bonchev–Trinajstić information content (AvgIpc) is 3.34. The molecule has 0 radical (unpaired) electrons. The van der Waals surface area contributed by atoms with Gasteiger partial charge < -0.3 is 5.32 Å². The highest BCUT2D eigenvalue weighted by Gasteiger charge is 2.27. The number of sulfonamides is 1. The summed E-state index contributed by atoms with van der Waals surface area (Å²) >= 11 is 0. The molecule has 4 rings (SSSR count). The molecule has 32 heavy (non-hydrogen) atoms. The van der Waals surface area contributed by atoms with Gasteiger partial charge in [0.25, 0.3) is 11.5 Å². The third-order valence-corrected chi connectivity index (χ3v) is 7.52. The van der Waals surface area contributed by atoms with Gasteiger partial charge in [-0.05, 0) is 50.5 Å². The molecule has 1 N–H and O–H groups in total. The zero-order chi connectivity index (χ0) is 22.9. The highest BCUT2D eigenvalue weighted by molar-refractivity contribution is 7.89. The van der Waals surface area contributed by atoms with Gasteiger partial charge in [-0.15, -0.1) is 0 Å². The molecule has 8 nitrogen and oxygen atoms in total. The van der Waals surface area contributed by atoms with Crippen LogP contribution in [0.1, 0.15) is 48.8 Å². The van der Waals surface area contributed by atoms with E-state index < -0.39 is 15.9 Å². The number of nitrogens with zero attached hydrogens (tertiary/aromatic N) is 3. The first-order valence-corrected chi connectivity index (χ1v) is 12.1. The standard InChI is InChI=1S/C23H26N4O4S/c1-16(2)27-23(29)20-8-4-3-7-19(20)21(25-27)22(28)24-15-17-9-11-18(12-10-17)32(30,31)26-13-5-6-14-26/h3-4,7-12,16H,5-6,13-15H2,1-2H3,(H,24,28). The van der Waals surface area contributed by atoms with Crippen LogP contribution in [0.15, 0.2) is 58.2 Å². The number of fused-ring (bicyclic) bond motifs is 1. The van der Waals surface area contributed by atoms with Crippen molar-refractivity contribution in [3.05, 3.63) is 70.1 Å². The smallest absolute Gasteiger partial charge is 0.274 e. The fraction of sp³-hybridized carbons (Fsp3) is 0.348. The van der Waals surface area contributed by atoms with E-state index in [2.05, 4.69) is 10.4 Å². The van der Waals surface area contributed by atoms with Crippen LogP contribution in [-0.2, 0) is 16.6 Å². The number of carbonyl (C=O) groups is 1. The van der Waals surface area contributed by atoms with Crippen LogP contribution in [-0.4, -0.2) is 41.5 Å². The molecular formula is C23H26N4O4S. The minimum atomic E-state index is -3.47. The monoisotopic (exact) mass is 454 g/mol. The molecule has 0 aliphatic carbocycles. The second-order valence-corrected chi connectivity index (χ2v) is 10.1. The predicted octanol–water partition coefficient (Wildman–Crippen LogP) is 2.69. The number of benzene rings is 2. The minimum Gasteiger partial charge on any atom is -0.347 e. The Kier molecular flexibility index (Phi) is 6.12. The fourth-order valence-electron chi connectivity index (χ4n) is 3.85. The van der Waals surface area contributed by atoms with E-state index in [1.54, 1.807) is 48.5 Å². The summed E-state index contributed by atoms with van der Waals surface area (Å²) in [6.07, 6.45) is 1.77. The lowest BCUT2D eigenvalue weighted by atomic mass is 10.1. The fourth-order valence-corrected chi connectivity index (χ4v) is 5.36. The highest BCUT2D eigenvalue weighted by atomic mass is 32.2. The number of hydrogen-bond acceptors (Lipinski definition) is 5. The van der Waals surface area contributed by atoms with Crippen molar-refractivity contribution in [1.82, 2.24) is 19.4 Å². The molecule has 1 saturated heterocycles. The molecule has 3 aromatic rings. The normalized spacial score (nSPS) is 14.8. The molecule has 0 atom stereocenters. The Morgan fingerprint density at radius 2 is 1.66 bits per heavy atom. The Labute approximate surface area is 186 Å². The van der Waals surface area contributed by atoms with Crippen molar-refractivity contribution in [3.63, 3.8) is 0 Å². The topological polar surface area (TPSA) is 101 Å². The Morgan fingerprint density at radius 3 is 2.28 bits per heavy atom. The zero-order valence-electron chi connectivity index (χ0n) is 18.1. The van der Waals surface area contributed by atoms with Crippen LogP contribution < -0.4 is 10.9 Å². The lowest BCUT2D eigenvalue weighted by Crippen LogP contribution is -2.31. The number of rotatable bonds is 6. The van der Waals surface area contributed by atoms with Gasteiger partial charge in [0.15, 0.2) is 5.69 Å². The van der Waals surface area contributed by atoms with Crippen LogP contribution >= 0.6 is 0 Å². The van der Waals surface area contributed by atoms with E-state index in [4.69, 9.17) is 0 Å². The second kappa shape index (κ2) is 8.84.